The molecular weight excluding hydrogens is 256 g/mol. The van der Waals surface area contributed by atoms with Crippen molar-refractivity contribution in [3.8, 4) is 0 Å². The Bertz CT molecular complexity index is 503. The van der Waals surface area contributed by atoms with Crippen molar-refractivity contribution in [2.24, 2.45) is 0 Å². The van der Waals surface area contributed by atoms with E-state index in [0.717, 1.165) is 13.1 Å². The fourth-order valence-corrected chi connectivity index (χ4v) is 3.46. The predicted octanol–water partition coefficient (Wildman–Crippen LogP) is 3.46. The molecule has 2 nitrogen and oxygen atoms in total. The van der Waals surface area contributed by atoms with Crippen molar-refractivity contribution in [1.82, 2.24) is 10.2 Å². The monoisotopic (exact) mass is 280 g/mol. The van der Waals surface area contributed by atoms with E-state index in [-0.39, 0.29) is 0 Å². The molecule has 2 atom stereocenters. The van der Waals surface area contributed by atoms with Gasteiger partial charge in [0.25, 0.3) is 0 Å². The molecule has 1 fully saturated rings. The second-order valence-electron chi connectivity index (χ2n) is 6.03. The van der Waals surface area contributed by atoms with E-state index in [1.807, 2.05) is 0 Å². The third-order valence-electron chi connectivity index (χ3n) is 4.43. The highest BCUT2D eigenvalue weighted by atomic mass is 15.3. The maximum Gasteiger partial charge on any atom is 0.0607 e. The summed E-state index contributed by atoms with van der Waals surface area (Å²) in [4.78, 5) is 2.65. The summed E-state index contributed by atoms with van der Waals surface area (Å²) < 4.78 is 0. The van der Waals surface area contributed by atoms with Crippen LogP contribution in [-0.4, -0.2) is 30.1 Å². The molecule has 0 spiro atoms. The highest BCUT2D eigenvalue weighted by Gasteiger charge is 2.32. The van der Waals surface area contributed by atoms with Gasteiger partial charge in [-0.2, -0.15) is 0 Å². The van der Waals surface area contributed by atoms with Crippen molar-refractivity contribution >= 4 is 0 Å². The van der Waals surface area contributed by atoms with Gasteiger partial charge in [-0.15, -0.1) is 0 Å². The van der Waals surface area contributed by atoms with Gasteiger partial charge in [0.1, 0.15) is 0 Å². The molecule has 0 aliphatic carbocycles. The van der Waals surface area contributed by atoms with E-state index >= 15 is 0 Å². The molecule has 3 rings (SSSR count). The molecule has 0 amide bonds. The first-order valence-electron chi connectivity index (χ1n) is 7.85. The molecule has 110 valence electrons. The summed E-state index contributed by atoms with van der Waals surface area (Å²) in [6.07, 6.45) is 0. The summed E-state index contributed by atoms with van der Waals surface area (Å²) in [7, 11) is 0. The molecular formula is C19H24N2. The normalized spacial score (nSPS) is 23.4. The van der Waals surface area contributed by atoms with Crippen LogP contribution in [0, 0.1) is 0 Å². The number of nitrogens with zero attached hydrogens (tertiary/aromatic N) is 1. The summed E-state index contributed by atoms with van der Waals surface area (Å²) in [6.45, 7) is 6.75. The van der Waals surface area contributed by atoms with Crippen molar-refractivity contribution in [2.45, 2.75) is 32.0 Å². The molecule has 0 aromatic heterocycles. The molecule has 1 aliphatic heterocycles. The molecule has 0 bridgehead atoms. The van der Waals surface area contributed by atoms with Crippen LogP contribution in [-0.2, 0) is 0 Å². The van der Waals surface area contributed by atoms with Crippen LogP contribution in [0.5, 0.6) is 0 Å². The van der Waals surface area contributed by atoms with Gasteiger partial charge in [-0.05, 0) is 25.0 Å². The Kier molecular flexibility index (Phi) is 4.37. The predicted molar refractivity (Wildman–Crippen MR) is 88.4 cm³/mol. The number of hydrogen-bond acceptors (Lipinski definition) is 2. The van der Waals surface area contributed by atoms with Crippen LogP contribution in [0.3, 0.4) is 0 Å². The van der Waals surface area contributed by atoms with Crippen molar-refractivity contribution in [3.63, 3.8) is 0 Å². The van der Waals surface area contributed by atoms with Crippen LogP contribution >= 0.6 is 0 Å². The molecule has 21 heavy (non-hydrogen) atoms. The van der Waals surface area contributed by atoms with Gasteiger partial charge >= 0.3 is 0 Å². The standard InChI is InChI=1S/C19H24N2/c1-15-13-20-14-16(2)21(15)19(17-9-5-3-6-10-17)18-11-7-4-8-12-18/h3-12,15-16,19-20H,13-14H2,1-2H3/t15-,16+. The van der Waals surface area contributed by atoms with Gasteiger partial charge in [-0.1, -0.05) is 60.7 Å². The molecule has 1 heterocycles. The highest BCUT2D eigenvalue weighted by molar-refractivity contribution is 5.32. The first kappa shape index (κ1) is 14.3. The average Bonchev–Trinajstić information content (AvgIpc) is 2.53. The molecule has 2 aromatic rings. The number of nitrogens with one attached hydrogen (secondary N) is 1. The maximum atomic E-state index is 3.53. The quantitative estimate of drug-likeness (QED) is 0.926. The zero-order valence-electron chi connectivity index (χ0n) is 12.9. The van der Waals surface area contributed by atoms with E-state index in [9.17, 15) is 0 Å². The van der Waals surface area contributed by atoms with Crippen LogP contribution in [0.25, 0.3) is 0 Å². The van der Waals surface area contributed by atoms with Crippen molar-refractivity contribution < 1.29 is 0 Å². The average molecular weight is 280 g/mol. The Morgan fingerprint density at radius 3 is 1.67 bits per heavy atom. The lowest BCUT2D eigenvalue weighted by Crippen LogP contribution is -2.56. The van der Waals surface area contributed by atoms with E-state index in [1.165, 1.54) is 11.1 Å². The fourth-order valence-electron chi connectivity index (χ4n) is 3.46. The topological polar surface area (TPSA) is 15.3 Å². The van der Waals surface area contributed by atoms with Gasteiger partial charge in [0, 0.05) is 25.2 Å². The van der Waals surface area contributed by atoms with Crippen LogP contribution in [0.2, 0.25) is 0 Å². The molecule has 1 N–H and O–H groups in total. The Morgan fingerprint density at radius 2 is 1.24 bits per heavy atom. The summed E-state index contributed by atoms with van der Waals surface area (Å²) >= 11 is 0. The zero-order valence-corrected chi connectivity index (χ0v) is 12.9. The molecule has 1 saturated heterocycles. The maximum absolute atomic E-state index is 3.53. The first-order chi connectivity index (χ1) is 10.3. The van der Waals surface area contributed by atoms with Crippen LogP contribution in [0.1, 0.15) is 31.0 Å². The smallest absolute Gasteiger partial charge is 0.0607 e. The van der Waals surface area contributed by atoms with Gasteiger partial charge in [0.15, 0.2) is 0 Å². The Hall–Kier alpha value is -1.64. The van der Waals surface area contributed by atoms with E-state index in [4.69, 9.17) is 0 Å². The van der Waals surface area contributed by atoms with Crippen LogP contribution in [0.15, 0.2) is 60.7 Å². The van der Waals surface area contributed by atoms with E-state index in [2.05, 4.69) is 84.7 Å². The lowest BCUT2D eigenvalue weighted by atomic mass is 9.93. The van der Waals surface area contributed by atoms with Gasteiger partial charge < -0.3 is 5.32 Å². The highest BCUT2D eigenvalue weighted by Crippen LogP contribution is 2.32. The summed E-state index contributed by atoms with van der Waals surface area (Å²) in [5.74, 6) is 0. The van der Waals surface area contributed by atoms with Crippen molar-refractivity contribution in [1.29, 1.82) is 0 Å². The lowest BCUT2D eigenvalue weighted by Gasteiger charge is -2.45. The molecule has 1 aliphatic rings. The summed E-state index contributed by atoms with van der Waals surface area (Å²) in [6, 6.07) is 23.1. The summed E-state index contributed by atoms with van der Waals surface area (Å²) in [5.41, 5.74) is 2.76. The second-order valence-corrected chi connectivity index (χ2v) is 6.03. The van der Waals surface area contributed by atoms with Crippen molar-refractivity contribution in [3.05, 3.63) is 71.8 Å². The van der Waals surface area contributed by atoms with E-state index in [1.54, 1.807) is 0 Å². The number of hydrogen-bond donors (Lipinski definition) is 1. The third kappa shape index (κ3) is 3.02. The largest absolute Gasteiger partial charge is 0.314 e. The minimum absolute atomic E-state index is 0.333. The fraction of sp³-hybridized carbons (Fsp3) is 0.368. The molecule has 0 saturated carbocycles. The minimum Gasteiger partial charge on any atom is -0.314 e. The van der Waals surface area contributed by atoms with E-state index in [0.29, 0.717) is 18.1 Å². The van der Waals surface area contributed by atoms with Gasteiger partial charge in [-0.3, -0.25) is 4.90 Å². The third-order valence-corrected chi connectivity index (χ3v) is 4.43. The number of benzene rings is 2. The second kappa shape index (κ2) is 6.42. The van der Waals surface area contributed by atoms with Gasteiger partial charge in [-0.25, -0.2) is 0 Å². The minimum atomic E-state index is 0.333. The molecule has 2 heteroatoms. The first-order valence-corrected chi connectivity index (χ1v) is 7.85. The van der Waals surface area contributed by atoms with Crippen LogP contribution < -0.4 is 5.32 Å². The number of piperazine rings is 1. The molecule has 0 radical (unpaired) electrons. The Balaban J connectivity index is 2.04. The number of rotatable bonds is 3. The van der Waals surface area contributed by atoms with Crippen molar-refractivity contribution in [2.75, 3.05) is 13.1 Å². The zero-order chi connectivity index (χ0) is 14.7. The molecule has 2 aromatic carbocycles. The van der Waals surface area contributed by atoms with E-state index < -0.39 is 0 Å². The Morgan fingerprint density at radius 1 is 0.810 bits per heavy atom. The molecule has 0 unspecified atom stereocenters. The van der Waals surface area contributed by atoms with Crippen LogP contribution in [0.4, 0.5) is 0 Å². The summed E-state index contributed by atoms with van der Waals surface area (Å²) in [5, 5.41) is 3.53. The van der Waals surface area contributed by atoms with Gasteiger partial charge in [0.2, 0.25) is 0 Å². The Labute approximate surface area is 127 Å². The van der Waals surface area contributed by atoms with Gasteiger partial charge in [0.05, 0.1) is 6.04 Å². The lowest BCUT2D eigenvalue weighted by molar-refractivity contribution is 0.0835. The SMILES string of the molecule is C[C@@H]1CNC[C@H](C)N1C(c1ccccc1)c1ccccc1.